The number of rotatable bonds is 6. The molecular formula is C9H20N2O. The van der Waals surface area contributed by atoms with Crippen LogP contribution in [-0.4, -0.2) is 43.4 Å². The number of likely N-dealkylation sites (N-methyl/N-ethyl adjacent to an activating group) is 2. The molecule has 0 radical (unpaired) electrons. The molecule has 0 aliphatic rings. The number of hydrogen-bond acceptors (Lipinski definition) is 3. The normalized spacial score (nSPS) is 13.4. The van der Waals surface area contributed by atoms with E-state index < -0.39 is 0 Å². The van der Waals surface area contributed by atoms with Gasteiger partial charge in [-0.2, -0.15) is 0 Å². The van der Waals surface area contributed by atoms with Gasteiger partial charge in [0.05, 0.1) is 6.04 Å². The van der Waals surface area contributed by atoms with E-state index in [-0.39, 0.29) is 11.8 Å². The van der Waals surface area contributed by atoms with Gasteiger partial charge >= 0.3 is 0 Å². The molecule has 1 unspecified atom stereocenters. The van der Waals surface area contributed by atoms with Crippen molar-refractivity contribution in [1.82, 2.24) is 10.2 Å². The summed E-state index contributed by atoms with van der Waals surface area (Å²) in [5, 5.41) is 3.01. The number of nitrogens with zero attached hydrogens (tertiary/aromatic N) is 1. The second-order valence-electron chi connectivity index (χ2n) is 2.94. The molecule has 0 aliphatic carbocycles. The Hall–Kier alpha value is -0.410. The van der Waals surface area contributed by atoms with Crippen LogP contribution in [0.1, 0.15) is 20.8 Å². The van der Waals surface area contributed by atoms with Crippen LogP contribution in [0.25, 0.3) is 0 Å². The smallest absolute Gasteiger partial charge is 0.147 e. The molecule has 12 heavy (non-hydrogen) atoms. The summed E-state index contributed by atoms with van der Waals surface area (Å²) in [6, 6.07) is -0.00935. The minimum atomic E-state index is -0.00935. The summed E-state index contributed by atoms with van der Waals surface area (Å²) in [4.78, 5) is 13.3. The number of nitrogens with one attached hydrogen (secondary N) is 1. The summed E-state index contributed by atoms with van der Waals surface area (Å²) in [6.45, 7) is 8.67. The zero-order valence-electron chi connectivity index (χ0n) is 8.55. The summed E-state index contributed by atoms with van der Waals surface area (Å²) < 4.78 is 0. The molecule has 3 heteroatoms. The van der Waals surface area contributed by atoms with Gasteiger partial charge in [-0.05, 0) is 27.1 Å². The Morgan fingerprint density at radius 3 is 2.17 bits per heavy atom. The van der Waals surface area contributed by atoms with Crippen LogP contribution < -0.4 is 5.32 Å². The van der Waals surface area contributed by atoms with Crippen molar-refractivity contribution in [3.8, 4) is 0 Å². The lowest BCUT2D eigenvalue weighted by molar-refractivity contribution is -0.119. The summed E-state index contributed by atoms with van der Waals surface area (Å²) in [6.07, 6.45) is 0. The highest BCUT2D eigenvalue weighted by Crippen LogP contribution is 1.92. The largest absolute Gasteiger partial charge is 0.310 e. The van der Waals surface area contributed by atoms with Crippen molar-refractivity contribution in [2.24, 2.45) is 0 Å². The predicted molar refractivity (Wildman–Crippen MR) is 51.3 cm³/mol. The van der Waals surface area contributed by atoms with E-state index in [9.17, 15) is 4.79 Å². The minimum absolute atomic E-state index is 0.00935. The van der Waals surface area contributed by atoms with Crippen LogP contribution in [0.3, 0.4) is 0 Å². The van der Waals surface area contributed by atoms with E-state index in [0.717, 1.165) is 19.6 Å². The van der Waals surface area contributed by atoms with Crippen LogP contribution in [0.4, 0.5) is 0 Å². The quantitative estimate of drug-likeness (QED) is 0.633. The molecule has 0 spiro atoms. The Kier molecular flexibility index (Phi) is 5.93. The van der Waals surface area contributed by atoms with Crippen molar-refractivity contribution < 1.29 is 4.79 Å². The van der Waals surface area contributed by atoms with Crippen LogP contribution in [0.5, 0.6) is 0 Å². The lowest BCUT2D eigenvalue weighted by Gasteiger charge is -2.23. The third-order valence-corrected chi connectivity index (χ3v) is 2.17. The molecule has 0 fully saturated rings. The number of ketones is 1. The molecule has 0 saturated carbocycles. The van der Waals surface area contributed by atoms with Crippen LogP contribution in [0, 0.1) is 0 Å². The van der Waals surface area contributed by atoms with Crippen LogP contribution >= 0.6 is 0 Å². The third kappa shape index (κ3) is 3.83. The van der Waals surface area contributed by atoms with Gasteiger partial charge in [-0.25, -0.2) is 0 Å². The first kappa shape index (κ1) is 11.6. The maximum Gasteiger partial charge on any atom is 0.147 e. The first-order chi connectivity index (χ1) is 5.65. The molecule has 0 bridgehead atoms. The molecule has 0 aromatic rings. The molecule has 1 N–H and O–H groups in total. The van der Waals surface area contributed by atoms with Gasteiger partial charge < -0.3 is 10.2 Å². The molecule has 0 saturated heterocycles. The Balaban J connectivity index is 3.91. The Morgan fingerprint density at radius 2 is 1.92 bits per heavy atom. The fourth-order valence-corrected chi connectivity index (χ4v) is 1.16. The highest BCUT2D eigenvalue weighted by Gasteiger charge is 2.13. The molecule has 3 nitrogen and oxygen atoms in total. The number of carbonyl (C=O) groups excluding carboxylic acids is 1. The predicted octanol–water partition coefficient (Wildman–Crippen LogP) is 0.505. The molecule has 0 rings (SSSR count). The number of hydrogen-bond donors (Lipinski definition) is 1. The van der Waals surface area contributed by atoms with Gasteiger partial charge in [-0.3, -0.25) is 4.79 Å². The fourth-order valence-electron chi connectivity index (χ4n) is 1.16. The van der Waals surface area contributed by atoms with Gasteiger partial charge in [0, 0.05) is 6.54 Å². The van der Waals surface area contributed by atoms with Crippen LogP contribution in [-0.2, 0) is 4.79 Å². The maximum absolute atomic E-state index is 11.1. The molecule has 0 amide bonds. The Labute approximate surface area is 75.1 Å². The monoisotopic (exact) mass is 172 g/mol. The summed E-state index contributed by atoms with van der Waals surface area (Å²) in [5.41, 5.74) is 0. The van der Waals surface area contributed by atoms with Crippen LogP contribution in [0.2, 0.25) is 0 Å². The average Bonchev–Trinajstić information content (AvgIpc) is 2.06. The van der Waals surface area contributed by atoms with Gasteiger partial charge in [0.25, 0.3) is 0 Å². The van der Waals surface area contributed by atoms with Gasteiger partial charge in [0.15, 0.2) is 0 Å². The molecule has 1 atom stereocenters. The Morgan fingerprint density at radius 1 is 1.42 bits per heavy atom. The zero-order chi connectivity index (χ0) is 9.56. The molecule has 0 aliphatic heterocycles. The molecule has 0 aromatic heterocycles. The highest BCUT2D eigenvalue weighted by atomic mass is 16.1. The van der Waals surface area contributed by atoms with E-state index in [0.29, 0.717) is 0 Å². The van der Waals surface area contributed by atoms with Gasteiger partial charge in [-0.1, -0.05) is 13.8 Å². The van der Waals surface area contributed by atoms with Gasteiger partial charge in [0.2, 0.25) is 0 Å². The van der Waals surface area contributed by atoms with Crippen molar-refractivity contribution in [3.63, 3.8) is 0 Å². The van der Waals surface area contributed by atoms with E-state index in [1.165, 1.54) is 0 Å². The van der Waals surface area contributed by atoms with Gasteiger partial charge in [-0.15, -0.1) is 0 Å². The van der Waals surface area contributed by atoms with E-state index in [2.05, 4.69) is 24.1 Å². The van der Waals surface area contributed by atoms with Gasteiger partial charge in [0.1, 0.15) is 5.78 Å². The lowest BCUT2D eigenvalue weighted by Crippen LogP contribution is -2.43. The van der Waals surface area contributed by atoms with Crippen molar-refractivity contribution in [2.45, 2.75) is 26.8 Å². The van der Waals surface area contributed by atoms with E-state index in [1.807, 2.05) is 7.05 Å². The molecule has 0 heterocycles. The first-order valence-electron chi connectivity index (χ1n) is 4.55. The topological polar surface area (TPSA) is 32.3 Å². The van der Waals surface area contributed by atoms with Crippen LogP contribution in [0.15, 0.2) is 0 Å². The summed E-state index contributed by atoms with van der Waals surface area (Å²) in [5.74, 6) is 0.212. The molecule has 72 valence electrons. The fraction of sp³-hybridized carbons (Fsp3) is 0.889. The third-order valence-electron chi connectivity index (χ3n) is 2.17. The highest BCUT2D eigenvalue weighted by molar-refractivity contribution is 5.81. The second-order valence-corrected chi connectivity index (χ2v) is 2.94. The van der Waals surface area contributed by atoms with Crippen molar-refractivity contribution in [3.05, 3.63) is 0 Å². The standard InChI is InChI=1S/C9H20N2O/c1-5-11(6-2)7-9(10-4)8(3)12/h9-10H,5-7H2,1-4H3. The second kappa shape index (κ2) is 6.14. The molecular weight excluding hydrogens is 152 g/mol. The van der Waals surface area contributed by atoms with E-state index >= 15 is 0 Å². The lowest BCUT2D eigenvalue weighted by atomic mass is 10.2. The molecule has 0 aromatic carbocycles. The van der Waals surface area contributed by atoms with Crippen molar-refractivity contribution in [1.29, 1.82) is 0 Å². The van der Waals surface area contributed by atoms with E-state index in [1.54, 1.807) is 6.92 Å². The van der Waals surface area contributed by atoms with E-state index in [4.69, 9.17) is 0 Å². The Bertz CT molecular complexity index is 132. The van der Waals surface area contributed by atoms with Crippen molar-refractivity contribution >= 4 is 5.78 Å². The summed E-state index contributed by atoms with van der Waals surface area (Å²) >= 11 is 0. The maximum atomic E-state index is 11.1. The van der Waals surface area contributed by atoms with Crippen molar-refractivity contribution in [2.75, 3.05) is 26.7 Å². The number of Topliss-reactive ketones (excluding diaryl/α,β-unsaturated/α-hetero) is 1. The average molecular weight is 172 g/mol. The summed E-state index contributed by atoms with van der Waals surface area (Å²) in [7, 11) is 1.83. The number of carbonyl (C=O) groups is 1. The SMILES string of the molecule is CCN(CC)CC(NC)C(C)=O. The zero-order valence-corrected chi connectivity index (χ0v) is 8.55. The minimum Gasteiger partial charge on any atom is -0.310 e. The first-order valence-corrected chi connectivity index (χ1v) is 4.55.